The van der Waals surface area contributed by atoms with Crippen LogP contribution in [0.25, 0.3) is 11.0 Å². The number of hydrogen-bond donors (Lipinski definition) is 2. The SMILES string of the molecule is O=C(NCC1(c2cccc(Cl)c2)CCOCC1)c1ccc2n[nH]nc2c1. The normalized spacial score (nSPS) is 16.5. The Morgan fingerprint density at radius 1 is 1.15 bits per heavy atom. The first-order valence-corrected chi connectivity index (χ1v) is 8.97. The fourth-order valence-electron chi connectivity index (χ4n) is 3.48. The van der Waals surface area contributed by atoms with Crippen molar-refractivity contribution in [2.75, 3.05) is 19.8 Å². The first-order chi connectivity index (χ1) is 12.7. The van der Waals surface area contributed by atoms with Crippen LogP contribution in [0.3, 0.4) is 0 Å². The minimum atomic E-state index is -0.170. The molecule has 3 aromatic rings. The van der Waals surface area contributed by atoms with Crippen LogP contribution in [0.5, 0.6) is 0 Å². The molecule has 0 atom stereocenters. The number of nitrogens with zero attached hydrogens (tertiary/aromatic N) is 2. The fraction of sp³-hybridized carbons (Fsp3) is 0.316. The van der Waals surface area contributed by atoms with Gasteiger partial charge in [0.15, 0.2) is 0 Å². The standard InChI is InChI=1S/C19H19ClN4O2/c20-15-3-1-2-14(11-15)19(6-8-26-9-7-19)12-21-18(25)13-4-5-16-17(10-13)23-24-22-16/h1-5,10-11H,6-9,12H2,(H,21,25)(H,22,23,24). The monoisotopic (exact) mass is 370 g/mol. The molecule has 134 valence electrons. The summed E-state index contributed by atoms with van der Waals surface area (Å²) in [4.78, 5) is 12.7. The van der Waals surface area contributed by atoms with E-state index in [1.807, 2.05) is 18.2 Å². The van der Waals surface area contributed by atoms with Crippen LogP contribution in [0, 0.1) is 0 Å². The summed E-state index contributed by atoms with van der Waals surface area (Å²) in [7, 11) is 0. The van der Waals surface area contributed by atoms with E-state index in [1.165, 1.54) is 0 Å². The zero-order valence-electron chi connectivity index (χ0n) is 14.2. The van der Waals surface area contributed by atoms with Crippen molar-refractivity contribution < 1.29 is 9.53 Å². The number of carbonyl (C=O) groups is 1. The summed E-state index contributed by atoms with van der Waals surface area (Å²) in [6, 6.07) is 13.2. The molecule has 1 aromatic heterocycles. The van der Waals surface area contributed by atoms with E-state index in [-0.39, 0.29) is 11.3 Å². The van der Waals surface area contributed by atoms with Gasteiger partial charge in [-0.05, 0) is 48.7 Å². The van der Waals surface area contributed by atoms with Gasteiger partial charge in [-0.3, -0.25) is 4.79 Å². The zero-order chi connectivity index (χ0) is 18.0. The third-order valence-electron chi connectivity index (χ3n) is 5.05. The molecule has 1 saturated heterocycles. The van der Waals surface area contributed by atoms with Crippen molar-refractivity contribution in [1.29, 1.82) is 0 Å². The number of hydrogen-bond acceptors (Lipinski definition) is 4. The van der Waals surface area contributed by atoms with Gasteiger partial charge in [-0.15, -0.1) is 0 Å². The van der Waals surface area contributed by atoms with E-state index in [1.54, 1.807) is 18.2 Å². The summed E-state index contributed by atoms with van der Waals surface area (Å²) in [5.74, 6) is -0.122. The minimum absolute atomic E-state index is 0.122. The Labute approximate surface area is 155 Å². The van der Waals surface area contributed by atoms with Crippen molar-refractivity contribution in [3.8, 4) is 0 Å². The van der Waals surface area contributed by atoms with Gasteiger partial charge in [0.25, 0.3) is 5.91 Å². The Morgan fingerprint density at radius 3 is 2.77 bits per heavy atom. The average molecular weight is 371 g/mol. The molecule has 26 heavy (non-hydrogen) atoms. The number of aromatic nitrogens is 3. The topological polar surface area (TPSA) is 79.9 Å². The molecular formula is C19H19ClN4O2. The largest absolute Gasteiger partial charge is 0.381 e. The van der Waals surface area contributed by atoms with E-state index in [9.17, 15) is 4.79 Å². The van der Waals surface area contributed by atoms with E-state index in [0.717, 1.165) is 23.9 Å². The predicted octanol–water partition coefficient (Wildman–Crippen LogP) is 3.09. The van der Waals surface area contributed by atoms with Crippen LogP contribution < -0.4 is 5.32 Å². The van der Waals surface area contributed by atoms with E-state index in [2.05, 4.69) is 26.8 Å². The maximum atomic E-state index is 12.7. The highest BCUT2D eigenvalue weighted by Gasteiger charge is 2.35. The van der Waals surface area contributed by atoms with E-state index >= 15 is 0 Å². The lowest BCUT2D eigenvalue weighted by Crippen LogP contribution is -2.44. The lowest BCUT2D eigenvalue weighted by atomic mass is 9.74. The van der Waals surface area contributed by atoms with Gasteiger partial charge >= 0.3 is 0 Å². The summed E-state index contributed by atoms with van der Waals surface area (Å²) in [6.45, 7) is 1.88. The van der Waals surface area contributed by atoms with Crippen LogP contribution in [-0.4, -0.2) is 41.1 Å². The van der Waals surface area contributed by atoms with E-state index in [0.29, 0.717) is 35.9 Å². The van der Waals surface area contributed by atoms with Crippen LogP contribution in [0.15, 0.2) is 42.5 Å². The van der Waals surface area contributed by atoms with Crippen molar-refractivity contribution in [2.45, 2.75) is 18.3 Å². The second-order valence-electron chi connectivity index (χ2n) is 6.61. The van der Waals surface area contributed by atoms with Gasteiger partial charge in [-0.1, -0.05) is 23.7 Å². The predicted molar refractivity (Wildman–Crippen MR) is 99.4 cm³/mol. The number of aromatic amines is 1. The Balaban J connectivity index is 1.55. The number of benzene rings is 2. The second kappa shape index (κ2) is 7.05. The summed E-state index contributed by atoms with van der Waals surface area (Å²) in [5.41, 5.74) is 2.95. The van der Waals surface area contributed by atoms with E-state index < -0.39 is 0 Å². The number of fused-ring (bicyclic) bond motifs is 1. The molecule has 4 rings (SSSR count). The van der Waals surface area contributed by atoms with Crippen LogP contribution in [0.2, 0.25) is 5.02 Å². The number of ether oxygens (including phenoxy) is 1. The van der Waals surface area contributed by atoms with Crippen molar-refractivity contribution in [1.82, 2.24) is 20.7 Å². The molecule has 0 bridgehead atoms. The van der Waals surface area contributed by atoms with Crippen LogP contribution in [0.1, 0.15) is 28.8 Å². The second-order valence-corrected chi connectivity index (χ2v) is 7.05. The van der Waals surface area contributed by atoms with Crippen molar-refractivity contribution in [3.05, 3.63) is 58.6 Å². The van der Waals surface area contributed by atoms with Crippen molar-refractivity contribution in [3.63, 3.8) is 0 Å². The lowest BCUT2D eigenvalue weighted by Gasteiger charge is -2.38. The maximum absolute atomic E-state index is 12.7. The third-order valence-corrected chi connectivity index (χ3v) is 5.29. The number of H-pyrrole nitrogens is 1. The molecule has 6 nitrogen and oxygen atoms in total. The zero-order valence-corrected chi connectivity index (χ0v) is 14.9. The van der Waals surface area contributed by atoms with Crippen LogP contribution >= 0.6 is 11.6 Å². The fourth-order valence-corrected chi connectivity index (χ4v) is 3.67. The number of amides is 1. The van der Waals surface area contributed by atoms with Gasteiger partial charge in [-0.25, -0.2) is 0 Å². The number of nitrogens with one attached hydrogen (secondary N) is 2. The molecule has 0 spiro atoms. The molecule has 2 aromatic carbocycles. The molecule has 1 aliphatic heterocycles. The smallest absolute Gasteiger partial charge is 0.251 e. The molecular weight excluding hydrogens is 352 g/mol. The molecule has 2 N–H and O–H groups in total. The van der Waals surface area contributed by atoms with Gasteiger partial charge in [0.1, 0.15) is 11.0 Å². The summed E-state index contributed by atoms with van der Waals surface area (Å²) in [6.07, 6.45) is 1.69. The third kappa shape index (κ3) is 3.30. The quantitative estimate of drug-likeness (QED) is 0.739. The molecule has 1 amide bonds. The summed E-state index contributed by atoms with van der Waals surface area (Å²) >= 11 is 6.19. The highest BCUT2D eigenvalue weighted by atomic mass is 35.5. The molecule has 7 heteroatoms. The Bertz CT molecular complexity index is 934. The van der Waals surface area contributed by atoms with Crippen molar-refractivity contribution >= 4 is 28.5 Å². The highest BCUT2D eigenvalue weighted by molar-refractivity contribution is 6.30. The molecule has 0 saturated carbocycles. The number of halogens is 1. The Kier molecular flexibility index (Phi) is 4.61. The van der Waals surface area contributed by atoms with E-state index in [4.69, 9.17) is 16.3 Å². The summed E-state index contributed by atoms with van der Waals surface area (Å²) < 4.78 is 5.54. The lowest BCUT2D eigenvalue weighted by molar-refractivity contribution is 0.0487. The first-order valence-electron chi connectivity index (χ1n) is 8.59. The van der Waals surface area contributed by atoms with Gasteiger partial charge in [0.2, 0.25) is 0 Å². The first kappa shape index (κ1) is 17.0. The van der Waals surface area contributed by atoms with Gasteiger partial charge in [0, 0.05) is 35.8 Å². The molecule has 1 aliphatic rings. The average Bonchev–Trinajstić information content (AvgIpc) is 3.14. The van der Waals surface area contributed by atoms with Gasteiger partial charge in [-0.2, -0.15) is 15.4 Å². The summed E-state index contributed by atoms with van der Waals surface area (Å²) in [5, 5.41) is 14.4. The molecule has 0 unspecified atom stereocenters. The van der Waals surface area contributed by atoms with Gasteiger partial charge < -0.3 is 10.1 Å². The maximum Gasteiger partial charge on any atom is 0.251 e. The Morgan fingerprint density at radius 2 is 1.96 bits per heavy atom. The Hall–Kier alpha value is -2.44. The van der Waals surface area contributed by atoms with Crippen molar-refractivity contribution in [2.24, 2.45) is 0 Å². The number of carbonyl (C=O) groups excluding carboxylic acids is 1. The van der Waals surface area contributed by atoms with Crippen LogP contribution in [-0.2, 0) is 10.2 Å². The molecule has 1 fully saturated rings. The molecule has 2 heterocycles. The number of rotatable bonds is 4. The molecule has 0 aliphatic carbocycles. The molecule has 0 radical (unpaired) electrons. The minimum Gasteiger partial charge on any atom is -0.381 e. The van der Waals surface area contributed by atoms with Gasteiger partial charge in [0.05, 0.1) is 0 Å². The van der Waals surface area contributed by atoms with Crippen LogP contribution in [0.4, 0.5) is 0 Å². The highest BCUT2D eigenvalue weighted by Crippen LogP contribution is 2.35.